The van der Waals surface area contributed by atoms with E-state index in [1.807, 2.05) is 6.92 Å². The summed E-state index contributed by atoms with van der Waals surface area (Å²) in [5.74, 6) is -0.206. The topological polar surface area (TPSA) is 54.3 Å². The van der Waals surface area contributed by atoms with E-state index in [-0.39, 0.29) is 24.0 Å². The predicted octanol–water partition coefficient (Wildman–Crippen LogP) is 2.61. The number of nitrogens with one attached hydrogen (secondary N) is 1. The van der Waals surface area contributed by atoms with E-state index in [1.165, 1.54) is 0 Å². The van der Waals surface area contributed by atoms with Crippen molar-refractivity contribution in [2.75, 3.05) is 6.61 Å². The van der Waals surface area contributed by atoms with Crippen LogP contribution in [0.2, 0.25) is 10.2 Å². The van der Waals surface area contributed by atoms with Crippen LogP contribution < -0.4 is 5.32 Å². The Balaban J connectivity index is 2.15. The van der Waals surface area contributed by atoms with Crippen molar-refractivity contribution in [2.45, 2.75) is 32.2 Å². The number of nitrogens with zero attached hydrogens (tertiary/aromatic N) is 1. The molecule has 1 aliphatic rings. The molecule has 2 atom stereocenters. The minimum absolute atomic E-state index is 0.0162. The first-order valence-corrected chi connectivity index (χ1v) is 7.07. The zero-order valence-electron chi connectivity index (χ0n) is 11.0. The molecular formula is C13H18Cl2N2O2. The second-order valence-corrected chi connectivity index (χ2v) is 6.22. The molecule has 0 saturated heterocycles. The average molecular weight is 305 g/mol. The van der Waals surface area contributed by atoms with Crippen LogP contribution in [0.5, 0.6) is 0 Å². The van der Waals surface area contributed by atoms with Crippen LogP contribution in [0.3, 0.4) is 0 Å². The lowest BCUT2D eigenvalue weighted by Gasteiger charge is -2.30. The fourth-order valence-corrected chi connectivity index (χ4v) is 3.04. The van der Waals surface area contributed by atoms with Crippen LogP contribution in [0.1, 0.15) is 36.7 Å². The number of carbonyl (C=O) groups is 1. The summed E-state index contributed by atoms with van der Waals surface area (Å²) in [6.45, 7) is 2.07. The molecule has 1 fully saturated rings. The molecule has 0 aromatic carbocycles. The molecule has 1 aliphatic carbocycles. The van der Waals surface area contributed by atoms with Crippen LogP contribution in [-0.2, 0) is 7.05 Å². The highest BCUT2D eigenvalue weighted by Gasteiger charge is 2.39. The third kappa shape index (κ3) is 2.62. The molecular weight excluding hydrogens is 287 g/mol. The maximum Gasteiger partial charge on any atom is 0.268 e. The summed E-state index contributed by atoms with van der Waals surface area (Å²) >= 11 is 11.9. The maximum atomic E-state index is 12.3. The smallest absolute Gasteiger partial charge is 0.268 e. The number of hydrogen-bond acceptors (Lipinski definition) is 2. The van der Waals surface area contributed by atoms with Crippen molar-refractivity contribution in [1.82, 2.24) is 9.88 Å². The third-order valence-corrected chi connectivity index (χ3v) is 4.94. The molecule has 106 valence electrons. The van der Waals surface area contributed by atoms with Crippen LogP contribution in [0.15, 0.2) is 6.07 Å². The van der Waals surface area contributed by atoms with Gasteiger partial charge in [0.25, 0.3) is 5.91 Å². The molecule has 0 aliphatic heterocycles. The largest absolute Gasteiger partial charge is 0.396 e. The van der Waals surface area contributed by atoms with E-state index in [9.17, 15) is 9.90 Å². The van der Waals surface area contributed by atoms with E-state index in [1.54, 1.807) is 17.7 Å². The molecule has 0 spiro atoms. The van der Waals surface area contributed by atoms with E-state index in [4.69, 9.17) is 23.2 Å². The number of amides is 1. The molecule has 1 saturated carbocycles. The van der Waals surface area contributed by atoms with Crippen molar-refractivity contribution >= 4 is 29.1 Å². The van der Waals surface area contributed by atoms with E-state index < -0.39 is 0 Å². The van der Waals surface area contributed by atoms with Gasteiger partial charge in [-0.25, -0.2) is 0 Å². The molecule has 1 heterocycles. The molecule has 2 unspecified atom stereocenters. The van der Waals surface area contributed by atoms with Crippen LogP contribution in [0, 0.1) is 5.41 Å². The summed E-state index contributed by atoms with van der Waals surface area (Å²) in [5.41, 5.74) is 0.191. The van der Waals surface area contributed by atoms with E-state index >= 15 is 0 Å². The van der Waals surface area contributed by atoms with Crippen molar-refractivity contribution in [2.24, 2.45) is 12.5 Å². The lowest BCUT2D eigenvalue weighted by Crippen LogP contribution is -2.45. The molecule has 6 heteroatoms. The highest BCUT2D eigenvalue weighted by molar-refractivity contribution is 6.41. The van der Waals surface area contributed by atoms with Gasteiger partial charge in [-0.2, -0.15) is 0 Å². The zero-order valence-corrected chi connectivity index (χ0v) is 12.6. The Hall–Kier alpha value is -0.710. The Bertz CT molecular complexity index is 501. The third-order valence-electron chi connectivity index (χ3n) is 4.10. The summed E-state index contributed by atoms with van der Waals surface area (Å²) in [4.78, 5) is 12.3. The van der Waals surface area contributed by atoms with Crippen molar-refractivity contribution < 1.29 is 9.90 Å². The van der Waals surface area contributed by atoms with Crippen molar-refractivity contribution in [3.63, 3.8) is 0 Å². The Labute approximate surface area is 122 Å². The van der Waals surface area contributed by atoms with Crippen LogP contribution >= 0.6 is 23.2 Å². The predicted molar refractivity (Wildman–Crippen MR) is 75.7 cm³/mol. The molecule has 1 aromatic heterocycles. The average Bonchev–Trinajstić information content (AvgIpc) is 2.86. The maximum absolute atomic E-state index is 12.3. The summed E-state index contributed by atoms with van der Waals surface area (Å²) in [6, 6.07) is 1.54. The minimum atomic E-state index is -0.242. The molecule has 1 amide bonds. The summed E-state index contributed by atoms with van der Waals surface area (Å²) in [6.07, 6.45) is 2.81. The molecule has 19 heavy (non-hydrogen) atoms. The zero-order chi connectivity index (χ0) is 14.2. The highest BCUT2D eigenvalue weighted by atomic mass is 35.5. The number of rotatable bonds is 3. The van der Waals surface area contributed by atoms with Crippen molar-refractivity contribution in [3.8, 4) is 0 Å². The quantitative estimate of drug-likeness (QED) is 0.902. The number of aliphatic hydroxyl groups is 1. The fraction of sp³-hybridized carbons (Fsp3) is 0.615. The van der Waals surface area contributed by atoms with Gasteiger partial charge in [0.15, 0.2) is 0 Å². The number of hydrogen-bond donors (Lipinski definition) is 2. The lowest BCUT2D eigenvalue weighted by atomic mass is 9.86. The van der Waals surface area contributed by atoms with E-state index in [0.717, 1.165) is 19.3 Å². The normalized spacial score (nSPS) is 26.7. The van der Waals surface area contributed by atoms with Crippen molar-refractivity contribution in [1.29, 1.82) is 0 Å². The summed E-state index contributed by atoms with van der Waals surface area (Å²) in [5, 5.41) is 13.2. The summed E-state index contributed by atoms with van der Waals surface area (Å²) < 4.78 is 1.56. The summed E-state index contributed by atoms with van der Waals surface area (Å²) in [7, 11) is 1.70. The second kappa shape index (κ2) is 5.35. The molecule has 0 radical (unpaired) electrons. The van der Waals surface area contributed by atoms with Gasteiger partial charge in [0.1, 0.15) is 10.8 Å². The van der Waals surface area contributed by atoms with Gasteiger partial charge in [0.05, 0.1) is 11.6 Å². The molecule has 2 rings (SSSR count). The van der Waals surface area contributed by atoms with Crippen molar-refractivity contribution in [3.05, 3.63) is 21.9 Å². The SMILES string of the molecule is Cn1c(C(=O)NC2CCCC2(C)CO)cc(Cl)c1Cl. The second-order valence-electron chi connectivity index (χ2n) is 5.46. The molecule has 4 nitrogen and oxygen atoms in total. The van der Waals surface area contributed by atoms with Crippen LogP contribution in [0.25, 0.3) is 0 Å². The number of carbonyl (C=O) groups excluding carboxylic acids is 1. The standard InChI is InChI=1S/C13H18Cl2N2O2/c1-13(7-18)5-3-4-10(13)16-12(19)9-6-8(14)11(15)17(9)2/h6,10,18H,3-5,7H2,1-2H3,(H,16,19). The van der Waals surface area contributed by atoms with Gasteiger partial charge in [0, 0.05) is 18.5 Å². The number of aromatic nitrogens is 1. The Kier molecular flexibility index (Phi) is 4.14. The minimum Gasteiger partial charge on any atom is -0.396 e. The van der Waals surface area contributed by atoms with Gasteiger partial charge in [0.2, 0.25) is 0 Å². The van der Waals surface area contributed by atoms with Crippen LogP contribution in [-0.4, -0.2) is 28.2 Å². The van der Waals surface area contributed by atoms with E-state index in [2.05, 4.69) is 5.32 Å². The lowest BCUT2D eigenvalue weighted by molar-refractivity contribution is 0.0823. The molecule has 1 aromatic rings. The molecule has 0 bridgehead atoms. The van der Waals surface area contributed by atoms with E-state index in [0.29, 0.717) is 15.9 Å². The Morgan fingerprint density at radius 2 is 2.32 bits per heavy atom. The van der Waals surface area contributed by atoms with Crippen LogP contribution in [0.4, 0.5) is 0 Å². The first-order valence-electron chi connectivity index (χ1n) is 6.31. The van der Waals surface area contributed by atoms with Gasteiger partial charge in [-0.3, -0.25) is 4.79 Å². The molecule has 2 N–H and O–H groups in total. The Morgan fingerprint density at radius 3 is 2.84 bits per heavy atom. The van der Waals surface area contributed by atoms with Gasteiger partial charge in [-0.15, -0.1) is 0 Å². The Morgan fingerprint density at radius 1 is 1.63 bits per heavy atom. The monoisotopic (exact) mass is 304 g/mol. The fourth-order valence-electron chi connectivity index (χ4n) is 2.66. The first-order chi connectivity index (χ1) is 8.89. The van der Waals surface area contributed by atoms with Gasteiger partial charge in [-0.05, 0) is 18.9 Å². The van der Waals surface area contributed by atoms with Gasteiger partial charge >= 0.3 is 0 Å². The number of aliphatic hydroxyl groups excluding tert-OH is 1. The highest BCUT2D eigenvalue weighted by Crippen LogP contribution is 2.37. The van der Waals surface area contributed by atoms with Gasteiger partial charge < -0.3 is 15.0 Å². The first kappa shape index (κ1) is 14.7. The number of halogens is 2. The van der Waals surface area contributed by atoms with Gasteiger partial charge in [-0.1, -0.05) is 36.5 Å².